The third-order valence-electron chi connectivity index (χ3n) is 13.8. The zero-order valence-electron chi connectivity index (χ0n) is 32.0. The van der Waals surface area contributed by atoms with E-state index in [9.17, 15) is 0 Å². The van der Waals surface area contributed by atoms with Crippen molar-refractivity contribution in [1.29, 1.82) is 0 Å². The monoisotopic (exact) mass is 705 g/mol. The lowest BCUT2D eigenvalue weighted by Crippen LogP contribution is -2.43. The summed E-state index contributed by atoms with van der Waals surface area (Å²) in [5.41, 5.74) is 5.89. The van der Waals surface area contributed by atoms with Crippen LogP contribution >= 0.6 is 0 Å². The van der Waals surface area contributed by atoms with Gasteiger partial charge in [0.05, 0.1) is 0 Å². The first-order valence-corrected chi connectivity index (χ1v) is 22.2. The average Bonchev–Trinajstić information content (AvgIpc) is 3.17. The maximum Gasteiger partial charge on any atom is 0.500 e. The van der Waals surface area contributed by atoms with E-state index in [2.05, 4.69) is 75.0 Å². The minimum absolute atomic E-state index is 0. The number of rotatable bonds is 11. The van der Waals surface area contributed by atoms with Gasteiger partial charge < -0.3 is 13.3 Å². The molecule has 2 aromatic carbocycles. The summed E-state index contributed by atoms with van der Waals surface area (Å²) in [5.74, 6) is 7.21. The van der Waals surface area contributed by atoms with Gasteiger partial charge in [0.2, 0.25) is 0 Å². The maximum absolute atomic E-state index is 5.59. The van der Waals surface area contributed by atoms with Gasteiger partial charge in [0.1, 0.15) is 0 Å². The maximum atomic E-state index is 5.59. The molecular weight excluding hydrogens is 629 g/mol. The van der Waals surface area contributed by atoms with Crippen molar-refractivity contribution < 1.29 is 14.7 Å². The van der Waals surface area contributed by atoms with Crippen molar-refractivity contribution in [2.24, 2.45) is 35.5 Å². The van der Waals surface area contributed by atoms with Gasteiger partial charge in [-0.1, -0.05) is 86.0 Å². The van der Waals surface area contributed by atoms with Crippen molar-refractivity contribution in [3.63, 3.8) is 0 Å². The van der Waals surface area contributed by atoms with Gasteiger partial charge in [-0.25, -0.2) is 0 Å². The van der Waals surface area contributed by atoms with Gasteiger partial charge >= 0.3 is 8.80 Å². The van der Waals surface area contributed by atoms with Crippen molar-refractivity contribution in [3.8, 4) is 0 Å². The molecule has 0 bridgehead atoms. The van der Waals surface area contributed by atoms with Crippen LogP contribution in [0.25, 0.3) is 0 Å². The van der Waals surface area contributed by atoms with Crippen molar-refractivity contribution in [2.75, 3.05) is 21.3 Å². The minimum Gasteiger partial charge on any atom is -0.377 e. The van der Waals surface area contributed by atoms with Crippen LogP contribution in [-0.4, -0.2) is 30.1 Å². The Bertz CT molecular complexity index is 1200. The molecule has 4 heteroatoms. The molecule has 50 heavy (non-hydrogen) atoms. The first kappa shape index (κ1) is 41.0. The van der Waals surface area contributed by atoms with Crippen molar-refractivity contribution >= 4 is 8.80 Å². The van der Waals surface area contributed by atoms with Crippen LogP contribution < -0.4 is 0 Å². The largest absolute Gasteiger partial charge is 0.500 e. The SMILES string of the molecule is C.C=CC1CCC(C2CCC(c3ccc(C)cc3)CC2)CC1.CO[Si](CCC1CCC(C2CCC(c3ccc(C)cc3)CC2)CC1)(OC)OC.[HH]. The standard InChI is InChI=1S/C24H40O3Si.C21H30.CH4.H2/c1-19-5-9-21(10-6-19)23-13-15-24(16-14-23)22-11-7-20(8-12-22)17-18-28(25-2,26-3)27-4;1-3-17-6-10-19(11-7-17)21-14-12-20(13-15-21)18-8-4-16(2)5-9-18;;/h5-6,9-10,20,22-24H,7-8,11-18H2,1-4H3;3-5,8-9,17,19-21H,1,6-7,10-15H2,2H3;1H4;1H. The summed E-state index contributed by atoms with van der Waals surface area (Å²) in [5, 5.41) is 0. The number of hydrogen-bond acceptors (Lipinski definition) is 3. The van der Waals surface area contributed by atoms with Crippen LogP contribution in [0.3, 0.4) is 0 Å². The van der Waals surface area contributed by atoms with Gasteiger partial charge in [-0.3, -0.25) is 0 Å². The Balaban J connectivity index is 0.000000274. The highest BCUT2D eigenvalue weighted by molar-refractivity contribution is 6.60. The van der Waals surface area contributed by atoms with E-state index in [1.807, 2.05) is 0 Å². The third-order valence-corrected chi connectivity index (χ3v) is 16.6. The van der Waals surface area contributed by atoms with Gasteiger partial charge in [0.15, 0.2) is 0 Å². The average molecular weight is 705 g/mol. The second-order valence-corrected chi connectivity index (χ2v) is 19.7. The zero-order chi connectivity index (χ0) is 34.6. The molecule has 3 nitrogen and oxygen atoms in total. The van der Waals surface area contributed by atoms with Gasteiger partial charge in [0, 0.05) is 28.8 Å². The highest BCUT2D eigenvalue weighted by Gasteiger charge is 2.39. The molecule has 4 aliphatic rings. The molecule has 2 aromatic rings. The Morgan fingerprint density at radius 1 is 0.560 bits per heavy atom. The second-order valence-electron chi connectivity index (χ2n) is 16.6. The van der Waals surface area contributed by atoms with Crippen LogP contribution in [0.2, 0.25) is 6.04 Å². The van der Waals surface area contributed by atoms with Gasteiger partial charge in [-0.05, 0) is 169 Å². The van der Waals surface area contributed by atoms with Crippen molar-refractivity contribution in [3.05, 3.63) is 83.4 Å². The molecule has 0 aliphatic heterocycles. The van der Waals surface area contributed by atoms with E-state index >= 15 is 0 Å². The van der Waals surface area contributed by atoms with Crippen LogP contribution in [0.4, 0.5) is 0 Å². The molecule has 0 atom stereocenters. The Labute approximate surface area is 311 Å². The van der Waals surface area contributed by atoms with E-state index in [1.54, 1.807) is 32.5 Å². The molecule has 4 aliphatic carbocycles. The molecule has 0 N–H and O–H groups in total. The highest BCUT2D eigenvalue weighted by atomic mass is 28.4. The Hall–Kier alpha value is -1.72. The lowest BCUT2D eigenvalue weighted by molar-refractivity contribution is 0.116. The number of allylic oxidation sites excluding steroid dienone is 1. The summed E-state index contributed by atoms with van der Waals surface area (Å²) < 4.78 is 16.8. The summed E-state index contributed by atoms with van der Waals surface area (Å²) in [6.45, 7) is 8.33. The quantitative estimate of drug-likeness (QED) is 0.172. The van der Waals surface area contributed by atoms with Crippen LogP contribution in [0, 0.1) is 49.4 Å². The van der Waals surface area contributed by atoms with Crippen molar-refractivity contribution in [2.45, 2.75) is 148 Å². The fourth-order valence-electron chi connectivity index (χ4n) is 10.3. The van der Waals surface area contributed by atoms with Crippen LogP contribution in [-0.2, 0) is 13.3 Å². The van der Waals surface area contributed by atoms with Crippen LogP contribution in [0.15, 0.2) is 61.2 Å². The fraction of sp³-hybridized carbons (Fsp3) is 0.696. The first-order chi connectivity index (χ1) is 23.8. The normalized spacial score (nSPS) is 30.3. The number of hydrogen-bond donors (Lipinski definition) is 0. The molecule has 0 radical (unpaired) electrons. The third kappa shape index (κ3) is 11.4. The Morgan fingerprint density at radius 2 is 0.900 bits per heavy atom. The molecule has 0 unspecified atom stereocenters. The summed E-state index contributed by atoms with van der Waals surface area (Å²) in [4.78, 5) is 0. The number of benzene rings is 2. The van der Waals surface area contributed by atoms with E-state index in [1.165, 1.54) is 120 Å². The molecule has 0 amide bonds. The molecular formula is C46H76O3Si. The summed E-state index contributed by atoms with van der Waals surface area (Å²) in [6, 6.07) is 19.5. The van der Waals surface area contributed by atoms with E-state index in [0.29, 0.717) is 0 Å². The lowest BCUT2D eigenvalue weighted by atomic mass is 9.68. The van der Waals surface area contributed by atoms with E-state index in [4.69, 9.17) is 13.3 Å². The second kappa shape index (κ2) is 20.5. The molecule has 0 spiro atoms. The van der Waals surface area contributed by atoms with Gasteiger partial charge in [0.25, 0.3) is 0 Å². The van der Waals surface area contributed by atoms with Gasteiger partial charge in [-0.15, -0.1) is 6.58 Å². The molecule has 6 rings (SSSR count). The summed E-state index contributed by atoms with van der Waals surface area (Å²) in [6.07, 6.45) is 26.1. The van der Waals surface area contributed by atoms with Crippen LogP contribution in [0.1, 0.15) is 152 Å². The minimum atomic E-state index is -2.39. The number of aryl methyl sites for hydroxylation is 2. The molecule has 0 heterocycles. The smallest absolute Gasteiger partial charge is 0.377 e. The zero-order valence-corrected chi connectivity index (χ0v) is 33.0. The van der Waals surface area contributed by atoms with E-state index < -0.39 is 8.80 Å². The molecule has 4 fully saturated rings. The first-order valence-electron chi connectivity index (χ1n) is 20.3. The van der Waals surface area contributed by atoms with Crippen LogP contribution in [0.5, 0.6) is 0 Å². The van der Waals surface area contributed by atoms with E-state index in [0.717, 1.165) is 53.4 Å². The topological polar surface area (TPSA) is 27.7 Å². The summed E-state index contributed by atoms with van der Waals surface area (Å²) in [7, 11) is 2.78. The predicted octanol–water partition coefficient (Wildman–Crippen LogP) is 13.5. The summed E-state index contributed by atoms with van der Waals surface area (Å²) >= 11 is 0. The molecule has 4 saturated carbocycles. The molecule has 0 saturated heterocycles. The van der Waals surface area contributed by atoms with Gasteiger partial charge in [-0.2, -0.15) is 0 Å². The highest BCUT2D eigenvalue weighted by Crippen LogP contribution is 2.46. The molecule has 282 valence electrons. The molecule has 0 aromatic heterocycles. The predicted molar refractivity (Wildman–Crippen MR) is 218 cm³/mol. The van der Waals surface area contributed by atoms with E-state index in [-0.39, 0.29) is 8.85 Å². The van der Waals surface area contributed by atoms with Crippen molar-refractivity contribution in [1.82, 2.24) is 0 Å². The fourth-order valence-corrected chi connectivity index (χ4v) is 12.1. The Kier molecular flexibility index (Phi) is 16.8. The lowest BCUT2D eigenvalue weighted by Gasteiger charge is -2.38. The Morgan fingerprint density at radius 3 is 1.24 bits per heavy atom.